The second kappa shape index (κ2) is 7.10. The summed E-state index contributed by atoms with van der Waals surface area (Å²) in [6.07, 6.45) is 0. The predicted octanol–water partition coefficient (Wildman–Crippen LogP) is 4.02. The van der Waals surface area contributed by atoms with Crippen molar-refractivity contribution in [1.82, 2.24) is 0 Å². The smallest absolute Gasteiger partial charge is 0.203 e. The summed E-state index contributed by atoms with van der Waals surface area (Å²) in [7, 11) is 4.61. The Labute approximate surface area is 169 Å². The molecule has 0 aromatic heterocycles. The zero-order valence-corrected chi connectivity index (χ0v) is 16.6. The normalized spacial score (nSPS) is 19.8. The fourth-order valence-electron chi connectivity index (χ4n) is 4.16. The van der Waals surface area contributed by atoms with E-state index >= 15 is 0 Å². The van der Waals surface area contributed by atoms with E-state index in [-0.39, 0.29) is 5.78 Å². The molecule has 0 radical (unpaired) electrons. The summed E-state index contributed by atoms with van der Waals surface area (Å²) in [6, 6.07) is 13.4. The molecule has 6 heteroatoms. The number of Topliss-reactive ketones (excluding diaryl/α,β-unsaturated/α-hetero) is 1. The first-order valence-electron chi connectivity index (χ1n) is 9.18. The molecule has 1 aliphatic heterocycles. The molecule has 0 spiro atoms. The quantitative estimate of drug-likeness (QED) is 0.790. The Balaban J connectivity index is 1.97. The van der Waals surface area contributed by atoms with Crippen molar-refractivity contribution in [2.75, 3.05) is 21.3 Å². The molecule has 0 N–H and O–H groups in total. The van der Waals surface area contributed by atoms with Crippen LogP contribution in [0, 0.1) is 17.2 Å². The van der Waals surface area contributed by atoms with Crippen molar-refractivity contribution in [2.45, 2.75) is 12.8 Å². The average Bonchev–Trinajstić information content (AvgIpc) is 3.03. The molecule has 0 fully saturated rings. The molecule has 1 unspecified atom stereocenters. The van der Waals surface area contributed by atoms with Gasteiger partial charge in [0.2, 0.25) is 5.75 Å². The van der Waals surface area contributed by atoms with Crippen LogP contribution in [0.25, 0.3) is 5.70 Å². The topological polar surface area (TPSA) is 80.9 Å². The summed E-state index contributed by atoms with van der Waals surface area (Å²) in [6.45, 7) is 1.83. The van der Waals surface area contributed by atoms with Crippen LogP contribution in [0.5, 0.6) is 17.2 Å². The fraction of sp³-hybridized carbons (Fsp3) is 0.261. The number of hydrogen-bond acceptors (Lipinski definition) is 6. The number of nitrogens with zero attached hydrogens (tertiary/aromatic N) is 2. The third-order valence-corrected chi connectivity index (χ3v) is 5.49. The first-order valence-corrected chi connectivity index (χ1v) is 9.18. The number of benzene rings is 2. The predicted molar refractivity (Wildman–Crippen MR) is 109 cm³/mol. The maximum absolute atomic E-state index is 13.3. The van der Waals surface area contributed by atoms with Crippen molar-refractivity contribution in [2.24, 2.45) is 10.9 Å². The lowest BCUT2D eigenvalue weighted by atomic mass is 9.76. The molecule has 1 heterocycles. The molecule has 0 saturated carbocycles. The molecule has 0 bridgehead atoms. The van der Waals surface area contributed by atoms with Gasteiger partial charge in [-0.1, -0.05) is 24.3 Å². The van der Waals surface area contributed by atoms with Crippen molar-refractivity contribution in [3.63, 3.8) is 0 Å². The first-order chi connectivity index (χ1) is 14.0. The lowest BCUT2D eigenvalue weighted by Gasteiger charge is -2.28. The van der Waals surface area contributed by atoms with Crippen LogP contribution in [0.2, 0.25) is 0 Å². The highest BCUT2D eigenvalue weighted by Crippen LogP contribution is 2.50. The van der Waals surface area contributed by atoms with Gasteiger partial charge in [0.1, 0.15) is 0 Å². The van der Waals surface area contributed by atoms with Gasteiger partial charge in [-0.3, -0.25) is 9.79 Å². The number of methoxy groups -OCH3 is 3. The molecule has 2 aromatic carbocycles. The van der Waals surface area contributed by atoms with E-state index in [1.54, 1.807) is 18.2 Å². The lowest BCUT2D eigenvalue weighted by molar-refractivity contribution is 0.103. The van der Waals surface area contributed by atoms with Crippen molar-refractivity contribution >= 4 is 17.2 Å². The van der Waals surface area contributed by atoms with Gasteiger partial charge in [-0.05, 0) is 24.6 Å². The number of allylic oxidation sites excluding steroid dienone is 1. The first kappa shape index (κ1) is 18.8. The minimum atomic E-state index is -0.574. The fourth-order valence-corrected chi connectivity index (χ4v) is 4.16. The minimum absolute atomic E-state index is 0.0918. The molecule has 0 saturated heterocycles. The number of fused-ring (bicyclic) bond motifs is 2. The van der Waals surface area contributed by atoms with E-state index in [4.69, 9.17) is 14.2 Å². The summed E-state index contributed by atoms with van der Waals surface area (Å²) in [5.41, 5.74) is 4.03. The van der Waals surface area contributed by atoms with Crippen LogP contribution >= 0.6 is 0 Å². The molecule has 0 amide bonds. The van der Waals surface area contributed by atoms with E-state index in [1.165, 1.54) is 21.3 Å². The standard InChI is InChI=1S/C23H20N2O4/c1-12-16(11-24)19(13-9-17(27-2)23(29-4)18(10-13)28-3)20-21(25-12)14-7-5-6-8-15(14)22(20)26/h5-10,16,19H,1-4H3/t16?,19-/m0/s1. The maximum atomic E-state index is 13.3. The Morgan fingerprint density at radius 2 is 1.62 bits per heavy atom. The van der Waals surface area contributed by atoms with E-state index in [0.29, 0.717) is 39.8 Å². The van der Waals surface area contributed by atoms with Crippen molar-refractivity contribution in [1.29, 1.82) is 5.26 Å². The van der Waals surface area contributed by atoms with Crippen molar-refractivity contribution in [3.05, 3.63) is 58.7 Å². The third-order valence-electron chi connectivity index (χ3n) is 5.49. The number of carbonyl (C=O) groups excluding carboxylic acids is 1. The molecule has 2 aliphatic rings. The van der Waals surface area contributed by atoms with Crippen molar-refractivity contribution in [3.8, 4) is 23.3 Å². The molecule has 2 aromatic rings. The van der Waals surface area contributed by atoms with Crippen molar-refractivity contribution < 1.29 is 19.0 Å². The summed E-state index contributed by atoms with van der Waals surface area (Å²) < 4.78 is 16.4. The van der Waals surface area contributed by atoms with Gasteiger partial charge in [0.25, 0.3) is 0 Å². The SMILES string of the molecule is COc1cc([C@@H]2C3=C(N=C(C)C2C#N)c2ccccc2C3=O)cc(OC)c1OC. The molecule has 1 aliphatic carbocycles. The minimum Gasteiger partial charge on any atom is -0.493 e. The monoisotopic (exact) mass is 388 g/mol. The Morgan fingerprint density at radius 1 is 1.00 bits per heavy atom. The van der Waals surface area contributed by atoms with Gasteiger partial charge in [-0.25, -0.2) is 0 Å². The van der Waals surface area contributed by atoms with Gasteiger partial charge in [0.15, 0.2) is 17.3 Å². The van der Waals surface area contributed by atoms with Crippen LogP contribution in [0.15, 0.2) is 47.0 Å². The average molecular weight is 388 g/mol. The van der Waals surface area contributed by atoms with Crippen LogP contribution in [0.4, 0.5) is 0 Å². The number of ketones is 1. The molecule has 2 atom stereocenters. The highest BCUT2D eigenvalue weighted by atomic mass is 16.5. The van der Waals surface area contributed by atoms with E-state index in [1.807, 2.05) is 25.1 Å². The zero-order valence-electron chi connectivity index (χ0n) is 16.6. The van der Waals surface area contributed by atoms with Gasteiger partial charge in [-0.15, -0.1) is 0 Å². The van der Waals surface area contributed by atoms with Gasteiger partial charge in [0, 0.05) is 28.3 Å². The van der Waals surface area contributed by atoms with E-state index in [2.05, 4.69) is 11.1 Å². The van der Waals surface area contributed by atoms with Gasteiger partial charge >= 0.3 is 0 Å². The van der Waals surface area contributed by atoms with Crippen LogP contribution in [0.3, 0.4) is 0 Å². The van der Waals surface area contributed by atoms with E-state index in [9.17, 15) is 10.1 Å². The largest absolute Gasteiger partial charge is 0.493 e. The Hall–Kier alpha value is -3.59. The number of rotatable bonds is 4. The second-order valence-corrected chi connectivity index (χ2v) is 6.93. The summed E-state index contributed by atoms with van der Waals surface area (Å²) in [5, 5.41) is 9.92. The highest BCUT2D eigenvalue weighted by Gasteiger charge is 2.43. The van der Waals surface area contributed by atoms with E-state index in [0.717, 1.165) is 11.1 Å². The number of ether oxygens (including phenoxy) is 3. The number of hydrogen-bond donors (Lipinski definition) is 0. The van der Waals surface area contributed by atoms with Crippen LogP contribution in [0.1, 0.15) is 34.3 Å². The van der Waals surface area contributed by atoms with Crippen LogP contribution < -0.4 is 14.2 Å². The molecule has 6 nitrogen and oxygen atoms in total. The lowest BCUT2D eigenvalue weighted by Crippen LogP contribution is -2.26. The molecule has 146 valence electrons. The van der Waals surface area contributed by atoms with E-state index < -0.39 is 11.8 Å². The maximum Gasteiger partial charge on any atom is 0.203 e. The molecule has 4 rings (SSSR count). The zero-order chi connectivity index (χ0) is 20.7. The number of carbonyl (C=O) groups is 1. The van der Waals surface area contributed by atoms with Gasteiger partial charge in [-0.2, -0.15) is 5.26 Å². The molecular formula is C23H20N2O4. The Morgan fingerprint density at radius 3 is 2.17 bits per heavy atom. The summed E-state index contributed by atoms with van der Waals surface area (Å²) in [5.74, 6) is 0.262. The summed E-state index contributed by atoms with van der Waals surface area (Å²) in [4.78, 5) is 17.9. The van der Waals surface area contributed by atoms with Gasteiger partial charge < -0.3 is 14.2 Å². The number of nitriles is 1. The second-order valence-electron chi connectivity index (χ2n) is 6.93. The molecule has 29 heavy (non-hydrogen) atoms. The molecular weight excluding hydrogens is 368 g/mol. The Kier molecular flexibility index (Phi) is 4.59. The van der Waals surface area contributed by atoms with Gasteiger partial charge in [0.05, 0.1) is 39.0 Å². The van der Waals surface area contributed by atoms with Crippen LogP contribution in [-0.2, 0) is 0 Å². The third kappa shape index (κ3) is 2.70. The highest BCUT2D eigenvalue weighted by molar-refractivity contribution is 6.23. The Bertz CT molecular complexity index is 1100. The summed E-state index contributed by atoms with van der Waals surface area (Å²) >= 11 is 0. The van der Waals surface area contributed by atoms with Crippen LogP contribution in [-0.4, -0.2) is 32.8 Å². The number of aliphatic imine (C=N–C) groups is 1.